The van der Waals surface area contributed by atoms with Crippen LogP contribution >= 0.6 is 0 Å². The average Bonchev–Trinajstić information content (AvgIpc) is 3.91. The fourth-order valence-corrected chi connectivity index (χ4v) is 3.64. The van der Waals surface area contributed by atoms with Crippen molar-refractivity contribution in [1.82, 2.24) is 0 Å². The molecular formula is C31H24F4O8. The highest BCUT2D eigenvalue weighted by Gasteiger charge is 2.24. The quantitative estimate of drug-likeness (QED) is 0.0812. The Hall–Kier alpha value is -4.68. The van der Waals surface area contributed by atoms with Crippen LogP contribution in [0.4, 0.5) is 17.6 Å². The minimum atomic E-state index is -3.07. The van der Waals surface area contributed by atoms with Crippen LogP contribution < -0.4 is 18.9 Å². The van der Waals surface area contributed by atoms with Crippen LogP contribution in [0.3, 0.4) is 0 Å². The normalized spacial score (nSPS) is 17.3. The molecule has 0 aliphatic carbocycles. The molecule has 0 spiro atoms. The molecule has 2 heterocycles. The van der Waals surface area contributed by atoms with E-state index in [-0.39, 0.29) is 42.7 Å². The maximum Gasteiger partial charge on any atom is 0.336 e. The number of carbonyl (C=O) groups excluding carboxylic acids is 2. The van der Waals surface area contributed by atoms with Crippen LogP contribution in [-0.4, -0.2) is 50.6 Å². The number of ether oxygens (including phenoxy) is 6. The fraction of sp³-hybridized carbons (Fsp3) is 0.226. The third-order valence-electron chi connectivity index (χ3n) is 6.04. The zero-order valence-corrected chi connectivity index (χ0v) is 22.3. The molecule has 0 saturated carbocycles. The van der Waals surface area contributed by atoms with Crippen molar-refractivity contribution in [2.45, 2.75) is 18.6 Å². The van der Waals surface area contributed by atoms with E-state index in [1.165, 1.54) is 42.5 Å². The van der Waals surface area contributed by atoms with Gasteiger partial charge in [0.25, 0.3) is 6.43 Å². The summed E-state index contributed by atoms with van der Waals surface area (Å²) in [6.45, 7) is 1.59. The van der Waals surface area contributed by atoms with Crippen LogP contribution in [0.5, 0.6) is 23.0 Å². The van der Waals surface area contributed by atoms with Gasteiger partial charge in [-0.25, -0.2) is 27.2 Å². The average molecular weight is 601 g/mol. The predicted molar refractivity (Wildman–Crippen MR) is 144 cm³/mol. The zero-order chi connectivity index (χ0) is 30.3. The molecule has 2 saturated heterocycles. The molecule has 8 nitrogen and oxygen atoms in total. The predicted octanol–water partition coefficient (Wildman–Crippen LogP) is 5.70. The summed E-state index contributed by atoms with van der Waals surface area (Å²) in [6, 6.07) is 11.2. The summed E-state index contributed by atoms with van der Waals surface area (Å²) >= 11 is 0. The maximum absolute atomic E-state index is 14.2. The summed E-state index contributed by atoms with van der Waals surface area (Å²) in [6.07, 6.45) is 1.33. The molecule has 0 radical (unpaired) electrons. The first kappa shape index (κ1) is 29.8. The Morgan fingerprint density at radius 2 is 1.23 bits per heavy atom. The third-order valence-corrected chi connectivity index (χ3v) is 6.04. The Morgan fingerprint density at radius 3 is 1.70 bits per heavy atom. The van der Waals surface area contributed by atoms with Gasteiger partial charge in [0, 0.05) is 12.2 Å². The highest BCUT2D eigenvalue weighted by atomic mass is 19.3. The topological polar surface area (TPSA) is 96.1 Å². The van der Waals surface area contributed by atoms with Gasteiger partial charge in [-0.3, -0.25) is 0 Å². The summed E-state index contributed by atoms with van der Waals surface area (Å²) in [5, 5.41) is 0. The van der Waals surface area contributed by atoms with Crippen LogP contribution in [0.2, 0.25) is 0 Å². The molecule has 5 rings (SSSR count). The molecule has 0 amide bonds. The summed E-state index contributed by atoms with van der Waals surface area (Å²) < 4.78 is 86.6. The van der Waals surface area contributed by atoms with Crippen molar-refractivity contribution < 1.29 is 55.6 Å². The number of hydrogen-bond donors (Lipinski definition) is 0. The molecule has 2 aliphatic rings. The van der Waals surface area contributed by atoms with E-state index in [4.69, 9.17) is 28.4 Å². The summed E-state index contributed by atoms with van der Waals surface area (Å²) in [5.41, 5.74) is -0.0502. The van der Waals surface area contributed by atoms with Crippen LogP contribution in [0, 0.1) is 11.6 Å². The monoisotopic (exact) mass is 600 g/mol. The van der Waals surface area contributed by atoms with Crippen molar-refractivity contribution >= 4 is 24.1 Å². The summed E-state index contributed by atoms with van der Waals surface area (Å²) in [4.78, 5) is 24.5. The first-order chi connectivity index (χ1) is 20.7. The molecule has 224 valence electrons. The van der Waals surface area contributed by atoms with Gasteiger partial charge in [0.2, 0.25) is 0 Å². The van der Waals surface area contributed by atoms with Gasteiger partial charge in [0.1, 0.15) is 36.9 Å². The lowest BCUT2D eigenvalue weighted by molar-refractivity contribution is -0.130. The minimum Gasteiger partial charge on any atom is -0.488 e. The first-order valence-corrected chi connectivity index (χ1v) is 13.0. The van der Waals surface area contributed by atoms with E-state index in [1.807, 2.05) is 0 Å². The smallest absolute Gasteiger partial charge is 0.336 e. The van der Waals surface area contributed by atoms with E-state index >= 15 is 0 Å². The largest absolute Gasteiger partial charge is 0.488 e. The van der Waals surface area contributed by atoms with Crippen LogP contribution in [0.15, 0.2) is 66.7 Å². The van der Waals surface area contributed by atoms with E-state index in [2.05, 4.69) is 0 Å². The molecule has 2 atom stereocenters. The SMILES string of the molecule is O=C(/C=C/c1ccc(OCC2CO2)c(F)c1)Oc1ccc(OC(=O)/C=C/c2ccc(OCC3CO3)c(F)c2)c(C(F)F)c1. The van der Waals surface area contributed by atoms with E-state index < -0.39 is 41.3 Å². The second kappa shape index (κ2) is 13.5. The highest BCUT2D eigenvalue weighted by molar-refractivity contribution is 5.90. The van der Waals surface area contributed by atoms with Crippen molar-refractivity contribution in [3.8, 4) is 23.0 Å². The van der Waals surface area contributed by atoms with Gasteiger partial charge in [-0.05, 0) is 65.7 Å². The second-order valence-corrected chi connectivity index (χ2v) is 9.42. The Bertz CT molecular complexity index is 1550. The van der Waals surface area contributed by atoms with Crippen molar-refractivity contribution in [3.63, 3.8) is 0 Å². The number of hydrogen-bond acceptors (Lipinski definition) is 8. The van der Waals surface area contributed by atoms with Gasteiger partial charge in [-0.1, -0.05) is 12.1 Å². The van der Waals surface area contributed by atoms with Crippen LogP contribution in [0.1, 0.15) is 23.1 Å². The first-order valence-electron chi connectivity index (χ1n) is 13.0. The number of rotatable bonds is 13. The summed E-state index contributed by atoms with van der Waals surface area (Å²) in [5.74, 6) is -3.81. The van der Waals surface area contributed by atoms with Crippen LogP contribution in [0.25, 0.3) is 12.2 Å². The van der Waals surface area contributed by atoms with Gasteiger partial charge >= 0.3 is 11.9 Å². The summed E-state index contributed by atoms with van der Waals surface area (Å²) in [7, 11) is 0. The number of halogens is 4. The second-order valence-electron chi connectivity index (χ2n) is 9.42. The Balaban J connectivity index is 1.16. The standard InChI is InChI=1S/C31H24F4O8/c32-24-11-18(1-6-27(24)40-16-21-14-38-21)3-9-29(36)42-20-5-8-26(23(13-20)31(34)35)43-30(37)10-4-19-2-7-28(25(33)12-19)41-17-22-15-39-22/h1-13,21-22,31H,14-17H2/b9-3+,10-4+. The van der Waals surface area contributed by atoms with Crippen molar-refractivity contribution in [3.05, 3.63) is 95.1 Å². The molecule has 3 aromatic rings. The molecule has 3 aromatic carbocycles. The molecule has 12 heteroatoms. The Kier molecular flexibility index (Phi) is 9.38. The van der Waals surface area contributed by atoms with Crippen molar-refractivity contribution in [2.75, 3.05) is 26.4 Å². The maximum atomic E-state index is 14.2. The molecular weight excluding hydrogens is 576 g/mol. The van der Waals surface area contributed by atoms with Crippen LogP contribution in [-0.2, 0) is 19.1 Å². The lowest BCUT2D eigenvalue weighted by Gasteiger charge is -2.10. The molecule has 2 unspecified atom stereocenters. The van der Waals surface area contributed by atoms with Crippen molar-refractivity contribution in [1.29, 1.82) is 0 Å². The fourth-order valence-electron chi connectivity index (χ4n) is 3.64. The van der Waals surface area contributed by atoms with E-state index in [0.29, 0.717) is 24.3 Å². The minimum absolute atomic E-state index is 0.0291. The van der Waals surface area contributed by atoms with Gasteiger partial charge in [0.15, 0.2) is 23.1 Å². The molecule has 0 bridgehead atoms. The zero-order valence-electron chi connectivity index (χ0n) is 22.3. The number of alkyl halides is 2. The molecule has 2 aliphatic heterocycles. The number of benzene rings is 3. The molecule has 43 heavy (non-hydrogen) atoms. The van der Waals surface area contributed by atoms with Gasteiger partial charge < -0.3 is 28.4 Å². The Morgan fingerprint density at radius 1 is 0.744 bits per heavy atom. The van der Waals surface area contributed by atoms with E-state index in [0.717, 1.165) is 36.4 Å². The van der Waals surface area contributed by atoms with Gasteiger partial charge in [0.05, 0.1) is 18.8 Å². The van der Waals surface area contributed by atoms with E-state index in [9.17, 15) is 27.2 Å². The third kappa shape index (κ3) is 8.90. The number of carbonyl (C=O) groups is 2. The molecule has 2 fully saturated rings. The van der Waals surface area contributed by atoms with Crippen molar-refractivity contribution in [2.24, 2.45) is 0 Å². The van der Waals surface area contributed by atoms with Gasteiger partial charge in [-0.15, -0.1) is 0 Å². The highest BCUT2D eigenvalue weighted by Crippen LogP contribution is 2.33. The lowest BCUT2D eigenvalue weighted by Crippen LogP contribution is -2.08. The number of esters is 2. The molecule has 0 N–H and O–H groups in total. The van der Waals surface area contributed by atoms with Gasteiger partial charge in [-0.2, -0.15) is 0 Å². The number of epoxide rings is 2. The lowest BCUT2D eigenvalue weighted by atomic mass is 10.2. The molecule has 0 aromatic heterocycles. The van der Waals surface area contributed by atoms with E-state index in [1.54, 1.807) is 0 Å². The Labute approximate surface area is 243 Å².